The van der Waals surface area contributed by atoms with Crippen molar-refractivity contribution in [1.29, 1.82) is 0 Å². The molecule has 0 aromatic rings. The Morgan fingerprint density at radius 1 is 0.121 bits per heavy atom. The van der Waals surface area contributed by atoms with Crippen LogP contribution in [-0.2, 0) is 4.74 Å². The minimum Gasteiger partial charge on any atom is -0.381 e. The molecule has 91 heavy (non-hydrogen) atoms. The minimum absolute atomic E-state index is 2.93. The molecule has 0 atom stereocenters. The Hall–Kier alpha value is -4.10. The fourth-order valence-corrected chi connectivity index (χ4v) is 5.58. The number of rotatable bonds is 30. The summed E-state index contributed by atoms with van der Waals surface area (Å²) in [4.78, 5) is 0. The Morgan fingerprint density at radius 3 is 0.308 bits per heavy atom. The highest BCUT2D eigenvalue weighted by Crippen LogP contribution is 2.72. The number of halogens is 58. The highest BCUT2D eigenvalue weighted by molar-refractivity contribution is 5.23. The first-order valence-electron chi connectivity index (χ1n) is 19.7. The van der Waals surface area contributed by atoms with E-state index in [0.717, 1.165) is 0 Å². The smallest absolute Gasteiger partial charge is 0.381 e. The maximum Gasteiger partial charge on any atom is 0.460 e. The van der Waals surface area contributed by atoms with Crippen molar-refractivity contribution in [3.63, 3.8) is 0 Å². The molecule has 0 unspecified atom stereocenters. The van der Waals surface area contributed by atoms with Gasteiger partial charge in [0.15, 0.2) is 0 Å². The van der Waals surface area contributed by atoms with Crippen molar-refractivity contribution >= 4 is 0 Å². The van der Waals surface area contributed by atoms with Crippen molar-refractivity contribution < 1.29 is 259 Å². The lowest BCUT2D eigenvalue weighted by Crippen LogP contribution is -2.79. The Kier molecular flexibility index (Phi) is 20.7. The Morgan fingerprint density at radius 2 is 0.209 bits per heavy atom. The molecule has 0 N–H and O–H groups in total. The molecule has 0 spiro atoms. The van der Waals surface area contributed by atoms with Gasteiger partial charge in [0.2, 0.25) is 0 Å². The third-order valence-corrected chi connectivity index (χ3v) is 11.4. The predicted octanol–water partition coefficient (Wildman–Crippen LogP) is 19.4. The summed E-state index contributed by atoms with van der Waals surface area (Å²) in [5, 5.41) is 0. The summed E-state index contributed by atoms with van der Waals surface area (Å²) in [6.45, 7) is -7.11. The van der Waals surface area contributed by atoms with Crippen LogP contribution in [0.2, 0.25) is 0 Å². The molecule has 0 radical (unpaired) electrons. The Labute approximate surface area is 453 Å². The molecule has 0 rings (SSSR count). The third kappa shape index (κ3) is 10.5. The van der Waals surface area contributed by atoms with Crippen molar-refractivity contribution in [1.82, 2.24) is 0 Å². The highest BCUT2D eigenvalue weighted by atomic mass is 19.5. The summed E-state index contributed by atoms with van der Waals surface area (Å²) < 4.78 is 797. The minimum atomic E-state index is -10.4. The zero-order chi connectivity index (χ0) is 75.5. The second-order valence-electron chi connectivity index (χ2n) is 17.3. The molecule has 1 nitrogen and oxygen atoms in total. The van der Waals surface area contributed by atoms with E-state index in [-0.39, 0.29) is 0 Å². The molecular formula is C32H8F58O. The van der Waals surface area contributed by atoms with Crippen LogP contribution in [0, 0.1) is 0 Å². The van der Waals surface area contributed by atoms with E-state index in [1.54, 1.807) is 0 Å². The van der Waals surface area contributed by atoms with Crippen LogP contribution in [0.5, 0.6) is 0 Å². The summed E-state index contributed by atoms with van der Waals surface area (Å²) in [6.07, 6.45) is -25.7. The highest BCUT2D eigenvalue weighted by Gasteiger charge is 3.03. The van der Waals surface area contributed by atoms with Crippen LogP contribution in [0.4, 0.5) is 255 Å². The third-order valence-electron chi connectivity index (χ3n) is 11.4. The zero-order valence-electron chi connectivity index (χ0n) is 39.2. The van der Waals surface area contributed by atoms with Gasteiger partial charge in [-0.1, -0.05) is 0 Å². The van der Waals surface area contributed by atoms with Crippen molar-refractivity contribution in [3.8, 4) is 0 Å². The molecule has 0 saturated carbocycles. The topological polar surface area (TPSA) is 9.23 Å². The van der Waals surface area contributed by atoms with Gasteiger partial charge in [-0.2, -0.15) is 255 Å². The molecule has 59 heteroatoms. The summed E-state index contributed by atoms with van der Waals surface area (Å²) in [5.74, 6) is -255. The van der Waals surface area contributed by atoms with Gasteiger partial charge >= 0.3 is 166 Å². The number of ether oxygens (including phenoxy) is 1. The first-order chi connectivity index (χ1) is 38.2. The molecule has 0 heterocycles. The summed E-state index contributed by atoms with van der Waals surface area (Å²) in [7, 11) is 0. The lowest BCUT2D eigenvalue weighted by Gasteiger charge is -2.46. The first-order valence-corrected chi connectivity index (χ1v) is 19.7. The summed E-state index contributed by atoms with van der Waals surface area (Å²) >= 11 is 0. The maximum absolute atomic E-state index is 14.2. The molecule has 0 saturated heterocycles. The van der Waals surface area contributed by atoms with Crippen molar-refractivity contribution in [2.24, 2.45) is 0 Å². The van der Waals surface area contributed by atoms with Gasteiger partial charge < -0.3 is 4.74 Å². The van der Waals surface area contributed by atoms with E-state index in [0.29, 0.717) is 0 Å². The van der Waals surface area contributed by atoms with Gasteiger partial charge in [0.25, 0.3) is 0 Å². The standard InChI is InChI=1S/C32H8F58O/c33-5(34,7(37,38)9(41,42)11(45,46)13(49,50)15(53,54)17(57,58)19(61,62)21(65,66)23(69,70)25(73,74)27(77,78)29(81,82)31(85,86)87)1-3-91-4-2-6(35,36)8(39,40)10(43,44)12(47,48)14(51,52)16(55,56)18(59,60)20(63,64)22(67,68)24(71,72)26(75,76)28(79,80)30(83,84)32(88,89)90/h1-4H2. The normalized spacial score (nSPS) is 17.3. The molecule has 0 aromatic carbocycles. The number of hydrogen-bond donors (Lipinski definition) is 0. The van der Waals surface area contributed by atoms with E-state index in [4.69, 9.17) is 0 Å². The van der Waals surface area contributed by atoms with Crippen LogP contribution in [0.25, 0.3) is 0 Å². The van der Waals surface area contributed by atoms with Crippen LogP contribution < -0.4 is 0 Å². The van der Waals surface area contributed by atoms with Gasteiger partial charge in [0, 0.05) is 12.8 Å². The van der Waals surface area contributed by atoms with Crippen molar-refractivity contribution in [2.75, 3.05) is 13.2 Å². The van der Waals surface area contributed by atoms with E-state index in [2.05, 4.69) is 4.74 Å². The lowest BCUT2D eigenvalue weighted by molar-refractivity contribution is -0.487. The number of alkyl halides is 58. The van der Waals surface area contributed by atoms with E-state index in [1.807, 2.05) is 0 Å². The zero-order valence-corrected chi connectivity index (χ0v) is 39.2. The van der Waals surface area contributed by atoms with E-state index in [1.165, 1.54) is 0 Å². The average Bonchev–Trinajstić information content (AvgIpc) is 0.692. The first kappa shape index (κ1) is 86.9. The molecule has 0 amide bonds. The van der Waals surface area contributed by atoms with Gasteiger partial charge in [-0.15, -0.1) is 0 Å². The van der Waals surface area contributed by atoms with Gasteiger partial charge in [-0.3, -0.25) is 0 Å². The largest absolute Gasteiger partial charge is 0.460 e. The van der Waals surface area contributed by atoms with Crippen LogP contribution in [0.3, 0.4) is 0 Å². The molecule has 0 fully saturated rings. The monoisotopic (exact) mass is 1510 g/mol. The van der Waals surface area contributed by atoms with Gasteiger partial charge in [0.1, 0.15) is 0 Å². The van der Waals surface area contributed by atoms with Gasteiger partial charge in [-0.25, -0.2) is 0 Å². The van der Waals surface area contributed by atoms with E-state index < -0.39 is 192 Å². The lowest BCUT2D eigenvalue weighted by atomic mass is 9.83. The second-order valence-corrected chi connectivity index (χ2v) is 17.3. The quantitative estimate of drug-likeness (QED) is 0.0514. The van der Waals surface area contributed by atoms with E-state index >= 15 is 0 Å². The van der Waals surface area contributed by atoms with Gasteiger partial charge in [-0.05, 0) is 0 Å². The fourth-order valence-electron chi connectivity index (χ4n) is 5.58. The van der Waals surface area contributed by atoms with Crippen LogP contribution in [0.15, 0.2) is 0 Å². The molecule has 0 aromatic heterocycles. The summed E-state index contributed by atoms with van der Waals surface area (Å²) in [6, 6.07) is 0. The molecule has 0 bridgehead atoms. The predicted molar refractivity (Wildman–Crippen MR) is 161 cm³/mol. The molecular weight excluding hydrogens is 1500 g/mol. The summed E-state index contributed by atoms with van der Waals surface area (Å²) in [5.41, 5.74) is 0. The van der Waals surface area contributed by atoms with Crippen molar-refractivity contribution in [2.45, 2.75) is 179 Å². The average molecular weight is 1510 g/mol. The molecule has 0 aliphatic heterocycles. The Balaban J connectivity index is 7.25. The molecule has 0 aliphatic carbocycles. The van der Waals surface area contributed by atoms with Crippen LogP contribution in [0.1, 0.15) is 12.8 Å². The van der Waals surface area contributed by atoms with Crippen LogP contribution >= 0.6 is 0 Å². The molecule has 0 aliphatic rings. The van der Waals surface area contributed by atoms with Crippen molar-refractivity contribution in [3.05, 3.63) is 0 Å². The number of hydrogen-bond acceptors (Lipinski definition) is 1. The SMILES string of the molecule is FC(F)(F)C(F)(F)C(F)(F)C(F)(F)C(F)(F)C(F)(F)C(F)(F)C(F)(F)C(F)(F)C(F)(F)C(F)(F)C(F)(F)C(F)(F)C(F)(F)CCOCCC(F)(F)C(F)(F)C(F)(F)C(F)(F)C(F)(F)C(F)(F)C(F)(F)C(F)(F)C(F)(F)C(F)(F)C(F)(F)C(F)(F)C(F)(F)C(F)(F)F. The Bertz CT molecular complexity index is 2370. The van der Waals surface area contributed by atoms with Crippen LogP contribution in [-0.4, -0.2) is 180 Å². The van der Waals surface area contributed by atoms with Gasteiger partial charge in [0.05, 0.1) is 13.2 Å². The molecule has 548 valence electrons. The maximum atomic E-state index is 14.2. The second kappa shape index (κ2) is 21.7. The van der Waals surface area contributed by atoms with E-state index in [9.17, 15) is 255 Å². The fraction of sp³-hybridized carbons (Fsp3) is 1.00.